The van der Waals surface area contributed by atoms with Crippen molar-refractivity contribution in [2.75, 3.05) is 16.9 Å². The third-order valence-corrected chi connectivity index (χ3v) is 5.28. The lowest BCUT2D eigenvalue weighted by atomic mass is 9.94. The Kier molecular flexibility index (Phi) is 7.08. The van der Waals surface area contributed by atoms with Crippen molar-refractivity contribution >= 4 is 46.5 Å². The van der Waals surface area contributed by atoms with Gasteiger partial charge in [0.1, 0.15) is 4.88 Å². The number of nitrogens with two attached hydrogens (primary N) is 1. The van der Waals surface area contributed by atoms with Crippen LogP contribution in [0.2, 0.25) is 0 Å². The lowest BCUT2D eigenvalue weighted by Gasteiger charge is -2.15. The number of thiophene rings is 1. The van der Waals surface area contributed by atoms with Crippen molar-refractivity contribution in [2.24, 2.45) is 5.73 Å². The van der Waals surface area contributed by atoms with Gasteiger partial charge in [0.15, 0.2) is 0 Å². The highest BCUT2D eigenvalue weighted by Gasteiger charge is 2.22. The van der Waals surface area contributed by atoms with E-state index in [1.807, 2.05) is 26.8 Å². The van der Waals surface area contributed by atoms with Gasteiger partial charge in [0.05, 0.1) is 11.6 Å². The molecule has 1 rings (SSSR count). The van der Waals surface area contributed by atoms with Crippen molar-refractivity contribution in [1.82, 2.24) is 5.32 Å². The average Bonchev–Trinajstić information content (AvgIpc) is 2.81. The second-order valence-corrected chi connectivity index (χ2v) is 8.21. The summed E-state index contributed by atoms with van der Waals surface area (Å²) in [6.45, 7) is 7.55. The Bertz CT molecular complexity index is 591. The van der Waals surface area contributed by atoms with Crippen LogP contribution in [0.15, 0.2) is 6.07 Å². The lowest BCUT2D eigenvalue weighted by Crippen LogP contribution is -2.20. The van der Waals surface area contributed by atoms with Gasteiger partial charge < -0.3 is 16.4 Å². The van der Waals surface area contributed by atoms with Crippen LogP contribution in [0.4, 0.5) is 5.69 Å². The molecule has 0 atom stereocenters. The van der Waals surface area contributed by atoms with Crippen molar-refractivity contribution in [2.45, 2.75) is 39.5 Å². The second-order valence-electron chi connectivity index (χ2n) is 6.05. The number of hydrogen-bond donors (Lipinski definition) is 3. The van der Waals surface area contributed by atoms with Gasteiger partial charge in [-0.2, -0.15) is 0 Å². The van der Waals surface area contributed by atoms with E-state index in [1.165, 1.54) is 30.0 Å². The van der Waals surface area contributed by atoms with Crippen LogP contribution in [0, 0.1) is 0 Å². The highest BCUT2D eigenvalue weighted by Crippen LogP contribution is 2.35. The van der Waals surface area contributed by atoms with Crippen LogP contribution in [-0.2, 0) is 15.0 Å². The maximum atomic E-state index is 12.0. The Balaban J connectivity index is 2.62. The molecule has 0 radical (unpaired) electrons. The maximum absolute atomic E-state index is 12.0. The van der Waals surface area contributed by atoms with Gasteiger partial charge in [0, 0.05) is 24.0 Å². The van der Waals surface area contributed by atoms with Crippen LogP contribution in [-0.4, -0.2) is 29.4 Å². The summed E-state index contributed by atoms with van der Waals surface area (Å²) >= 11 is 2.77. The maximum Gasteiger partial charge on any atom is 0.260 e. The van der Waals surface area contributed by atoms with E-state index in [1.54, 1.807) is 0 Å². The zero-order valence-corrected chi connectivity index (χ0v) is 15.5. The van der Waals surface area contributed by atoms with Crippen LogP contribution in [0.1, 0.15) is 48.7 Å². The lowest BCUT2D eigenvalue weighted by molar-refractivity contribution is -0.118. The standard InChI is InChI=1S/C15H23N3O3S2/c1-9(19)17-8-22-6-5-12(20)18-10-7-11(15(2,3)4)23-13(10)14(16)21/h7H,5-6,8H2,1-4H3,(H2,16,21)(H,17,19)(H,18,20). The summed E-state index contributed by atoms with van der Waals surface area (Å²) in [7, 11) is 0. The van der Waals surface area contributed by atoms with E-state index in [-0.39, 0.29) is 17.2 Å². The summed E-state index contributed by atoms with van der Waals surface area (Å²) in [6, 6.07) is 1.81. The number of thioether (sulfide) groups is 1. The Morgan fingerprint density at radius 1 is 1.30 bits per heavy atom. The molecule has 0 saturated heterocycles. The van der Waals surface area contributed by atoms with E-state index in [2.05, 4.69) is 10.6 Å². The van der Waals surface area contributed by atoms with E-state index in [0.29, 0.717) is 28.6 Å². The third-order valence-electron chi connectivity index (χ3n) is 2.87. The summed E-state index contributed by atoms with van der Waals surface area (Å²) in [5, 5.41) is 5.40. The quantitative estimate of drug-likeness (QED) is 0.515. The molecule has 23 heavy (non-hydrogen) atoms. The molecule has 0 spiro atoms. The molecular formula is C15H23N3O3S2. The molecule has 0 aromatic carbocycles. The molecule has 6 nitrogen and oxygen atoms in total. The van der Waals surface area contributed by atoms with Gasteiger partial charge in [-0.05, 0) is 11.5 Å². The topological polar surface area (TPSA) is 101 Å². The minimum Gasteiger partial charge on any atom is -0.365 e. The fraction of sp³-hybridized carbons (Fsp3) is 0.533. The molecule has 0 unspecified atom stereocenters. The normalized spacial score (nSPS) is 11.1. The van der Waals surface area contributed by atoms with Crippen molar-refractivity contribution in [3.63, 3.8) is 0 Å². The van der Waals surface area contributed by atoms with Crippen LogP contribution >= 0.6 is 23.1 Å². The molecule has 8 heteroatoms. The van der Waals surface area contributed by atoms with Gasteiger partial charge in [-0.1, -0.05) is 20.8 Å². The molecule has 1 heterocycles. The first kappa shape index (κ1) is 19.5. The summed E-state index contributed by atoms with van der Waals surface area (Å²) in [6.07, 6.45) is 0.295. The summed E-state index contributed by atoms with van der Waals surface area (Å²) in [5.41, 5.74) is 5.75. The minimum absolute atomic E-state index is 0.0963. The molecule has 0 fully saturated rings. The number of nitrogens with one attached hydrogen (secondary N) is 2. The average molecular weight is 358 g/mol. The highest BCUT2D eigenvalue weighted by molar-refractivity contribution is 7.99. The number of carbonyl (C=O) groups is 3. The van der Waals surface area contributed by atoms with Crippen LogP contribution < -0.4 is 16.4 Å². The molecule has 3 amide bonds. The predicted molar refractivity (Wildman–Crippen MR) is 95.9 cm³/mol. The SMILES string of the molecule is CC(=O)NCSCCC(=O)Nc1cc(C(C)(C)C)sc1C(N)=O. The Morgan fingerprint density at radius 3 is 2.48 bits per heavy atom. The number of carbonyl (C=O) groups excluding carboxylic acids is 3. The minimum atomic E-state index is -0.541. The van der Waals surface area contributed by atoms with Gasteiger partial charge in [-0.25, -0.2) is 0 Å². The molecular weight excluding hydrogens is 334 g/mol. The highest BCUT2D eigenvalue weighted by atomic mass is 32.2. The van der Waals surface area contributed by atoms with E-state index >= 15 is 0 Å². The van der Waals surface area contributed by atoms with E-state index in [9.17, 15) is 14.4 Å². The summed E-state index contributed by atoms with van der Waals surface area (Å²) < 4.78 is 0. The third kappa shape index (κ3) is 6.62. The number of primary amides is 1. The number of hydrogen-bond acceptors (Lipinski definition) is 5. The molecule has 0 aliphatic heterocycles. The summed E-state index contributed by atoms with van der Waals surface area (Å²) in [5.74, 6) is 0.235. The van der Waals surface area contributed by atoms with Crippen molar-refractivity contribution < 1.29 is 14.4 Å². The van der Waals surface area contributed by atoms with Gasteiger partial charge in [-0.15, -0.1) is 23.1 Å². The molecule has 0 aliphatic carbocycles. The predicted octanol–water partition coefficient (Wildman–Crippen LogP) is 2.30. The fourth-order valence-corrected chi connectivity index (χ4v) is 3.44. The zero-order chi connectivity index (χ0) is 17.6. The molecule has 0 aliphatic rings. The Hall–Kier alpha value is -1.54. The van der Waals surface area contributed by atoms with E-state index < -0.39 is 5.91 Å². The molecule has 1 aromatic rings. The first-order valence-electron chi connectivity index (χ1n) is 7.17. The Labute approximate surface area is 144 Å². The molecule has 1 aromatic heterocycles. The number of rotatable bonds is 7. The van der Waals surface area contributed by atoms with E-state index in [4.69, 9.17) is 5.73 Å². The summed E-state index contributed by atoms with van der Waals surface area (Å²) in [4.78, 5) is 35.6. The largest absolute Gasteiger partial charge is 0.365 e. The van der Waals surface area contributed by atoms with Gasteiger partial charge in [0.2, 0.25) is 11.8 Å². The van der Waals surface area contributed by atoms with Crippen LogP contribution in [0.5, 0.6) is 0 Å². The molecule has 0 bridgehead atoms. The molecule has 0 saturated carbocycles. The first-order valence-corrected chi connectivity index (χ1v) is 9.14. The molecule has 128 valence electrons. The second kappa shape index (κ2) is 8.35. The van der Waals surface area contributed by atoms with Gasteiger partial charge in [-0.3, -0.25) is 14.4 Å². The zero-order valence-electron chi connectivity index (χ0n) is 13.8. The molecule has 4 N–H and O–H groups in total. The Morgan fingerprint density at radius 2 is 1.96 bits per heavy atom. The number of amides is 3. The smallest absolute Gasteiger partial charge is 0.260 e. The monoisotopic (exact) mass is 357 g/mol. The first-order chi connectivity index (χ1) is 10.6. The van der Waals surface area contributed by atoms with Crippen molar-refractivity contribution in [1.29, 1.82) is 0 Å². The van der Waals surface area contributed by atoms with Gasteiger partial charge >= 0.3 is 0 Å². The number of anilines is 1. The van der Waals surface area contributed by atoms with Crippen LogP contribution in [0.25, 0.3) is 0 Å². The van der Waals surface area contributed by atoms with Crippen molar-refractivity contribution in [3.8, 4) is 0 Å². The van der Waals surface area contributed by atoms with E-state index in [0.717, 1.165) is 4.88 Å². The van der Waals surface area contributed by atoms with Crippen molar-refractivity contribution in [3.05, 3.63) is 15.8 Å². The fourth-order valence-electron chi connectivity index (χ4n) is 1.64. The van der Waals surface area contributed by atoms with Crippen LogP contribution in [0.3, 0.4) is 0 Å². The van der Waals surface area contributed by atoms with Gasteiger partial charge in [0.25, 0.3) is 5.91 Å².